The van der Waals surface area contributed by atoms with E-state index >= 15 is 0 Å². The van der Waals surface area contributed by atoms with Crippen LogP contribution in [0.3, 0.4) is 0 Å². The highest BCUT2D eigenvalue weighted by atomic mass is 16.2. The first-order valence-corrected chi connectivity index (χ1v) is 11.1. The summed E-state index contributed by atoms with van der Waals surface area (Å²) < 4.78 is 0. The summed E-state index contributed by atoms with van der Waals surface area (Å²) in [5.74, 6) is -0.0943. The summed E-state index contributed by atoms with van der Waals surface area (Å²) >= 11 is 0. The smallest absolute Gasteiger partial charge is 0.242 e. The van der Waals surface area contributed by atoms with Crippen molar-refractivity contribution in [1.29, 1.82) is 0 Å². The molecule has 0 aromatic heterocycles. The molecule has 0 fully saturated rings. The molecule has 2 rings (SSSR count). The van der Waals surface area contributed by atoms with E-state index in [1.165, 1.54) is 5.56 Å². The SMILES string of the molecule is CCc1ccc(CCC(=O)N(Cc2ccccc2C)[C@H](C)C(=O)N[C@H](C)CC)cc1. The molecule has 2 aromatic rings. The van der Waals surface area contributed by atoms with Crippen LogP contribution >= 0.6 is 0 Å². The number of amides is 2. The maximum Gasteiger partial charge on any atom is 0.242 e. The van der Waals surface area contributed by atoms with Crippen LogP contribution in [0.4, 0.5) is 0 Å². The average molecular weight is 409 g/mol. The third-order valence-electron chi connectivity index (χ3n) is 5.83. The van der Waals surface area contributed by atoms with Crippen molar-refractivity contribution in [2.24, 2.45) is 0 Å². The quantitative estimate of drug-likeness (QED) is 0.613. The molecule has 30 heavy (non-hydrogen) atoms. The maximum atomic E-state index is 13.2. The summed E-state index contributed by atoms with van der Waals surface area (Å²) in [5.41, 5.74) is 4.64. The van der Waals surface area contributed by atoms with Gasteiger partial charge in [0, 0.05) is 19.0 Å². The van der Waals surface area contributed by atoms with Crippen LogP contribution < -0.4 is 5.32 Å². The van der Waals surface area contributed by atoms with E-state index in [9.17, 15) is 9.59 Å². The van der Waals surface area contributed by atoms with Gasteiger partial charge >= 0.3 is 0 Å². The van der Waals surface area contributed by atoms with Crippen molar-refractivity contribution in [3.63, 3.8) is 0 Å². The van der Waals surface area contributed by atoms with Gasteiger partial charge in [0.1, 0.15) is 6.04 Å². The molecule has 1 N–H and O–H groups in total. The number of rotatable bonds is 10. The molecule has 2 aromatic carbocycles. The zero-order chi connectivity index (χ0) is 22.1. The topological polar surface area (TPSA) is 49.4 Å². The number of benzene rings is 2. The predicted molar refractivity (Wildman–Crippen MR) is 123 cm³/mol. The molecule has 0 spiro atoms. The van der Waals surface area contributed by atoms with E-state index in [0.29, 0.717) is 19.4 Å². The first-order chi connectivity index (χ1) is 14.3. The van der Waals surface area contributed by atoms with E-state index in [2.05, 4.69) is 36.5 Å². The van der Waals surface area contributed by atoms with Gasteiger partial charge in [-0.3, -0.25) is 9.59 Å². The molecule has 2 atom stereocenters. The van der Waals surface area contributed by atoms with Gasteiger partial charge in [0.2, 0.25) is 11.8 Å². The number of nitrogens with one attached hydrogen (secondary N) is 1. The number of hydrogen-bond acceptors (Lipinski definition) is 2. The maximum absolute atomic E-state index is 13.2. The van der Waals surface area contributed by atoms with Crippen molar-refractivity contribution in [2.45, 2.75) is 78.9 Å². The van der Waals surface area contributed by atoms with Gasteiger partial charge in [-0.05, 0) is 62.3 Å². The van der Waals surface area contributed by atoms with Gasteiger partial charge in [-0.2, -0.15) is 0 Å². The summed E-state index contributed by atoms with van der Waals surface area (Å²) in [6.07, 6.45) is 2.93. The lowest BCUT2D eigenvalue weighted by atomic mass is 10.0. The minimum atomic E-state index is -0.520. The van der Waals surface area contributed by atoms with E-state index in [-0.39, 0.29) is 17.9 Å². The van der Waals surface area contributed by atoms with Crippen molar-refractivity contribution in [3.05, 3.63) is 70.8 Å². The van der Waals surface area contributed by atoms with Crippen LogP contribution in [0.25, 0.3) is 0 Å². The molecule has 0 unspecified atom stereocenters. The lowest BCUT2D eigenvalue weighted by Gasteiger charge is -2.30. The van der Waals surface area contributed by atoms with Gasteiger partial charge in [-0.15, -0.1) is 0 Å². The molecule has 0 bridgehead atoms. The summed E-state index contributed by atoms with van der Waals surface area (Å²) in [4.78, 5) is 27.7. The summed E-state index contributed by atoms with van der Waals surface area (Å²) in [5, 5.41) is 3.02. The van der Waals surface area contributed by atoms with Crippen LogP contribution in [0.15, 0.2) is 48.5 Å². The Hall–Kier alpha value is -2.62. The second-order valence-corrected chi connectivity index (χ2v) is 8.11. The van der Waals surface area contributed by atoms with Gasteiger partial charge in [0.25, 0.3) is 0 Å². The van der Waals surface area contributed by atoms with Crippen LogP contribution in [0.1, 0.15) is 62.8 Å². The summed E-state index contributed by atoms with van der Waals surface area (Å²) in [6.45, 7) is 10.5. The fraction of sp³-hybridized carbons (Fsp3) is 0.462. The van der Waals surface area contributed by atoms with Crippen LogP contribution in [0, 0.1) is 6.92 Å². The summed E-state index contributed by atoms with van der Waals surface area (Å²) in [7, 11) is 0. The second kappa shape index (κ2) is 11.5. The molecule has 4 nitrogen and oxygen atoms in total. The predicted octanol–water partition coefficient (Wildman–Crippen LogP) is 4.82. The normalized spacial score (nSPS) is 12.8. The average Bonchev–Trinajstić information content (AvgIpc) is 2.76. The minimum absolute atomic E-state index is 0.00428. The zero-order valence-corrected chi connectivity index (χ0v) is 19.1. The lowest BCUT2D eigenvalue weighted by molar-refractivity contribution is -0.140. The number of aryl methyl sites for hydroxylation is 3. The highest BCUT2D eigenvalue weighted by Gasteiger charge is 2.26. The van der Waals surface area contributed by atoms with Gasteiger partial charge in [-0.1, -0.05) is 62.4 Å². The third kappa shape index (κ3) is 6.72. The van der Waals surface area contributed by atoms with E-state index in [0.717, 1.165) is 29.5 Å². The van der Waals surface area contributed by atoms with Crippen molar-refractivity contribution in [2.75, 3.05) is 0 Å². The Balaban J connectivity index is 2.14. The monoisotopic (exact) mass is 408 g/mol. The highest BCUT2D eigenvalue weighted by molar-refractivity contribution is 5.87. The molecule has 0 heterocycles. The second-order valence-electron chi connectivity index (χ2n) is 8.11. The van der Waals surface area contributed by atoms with Gasteiger partial charge in [0.15, 0.2) is 0 Å². The molecular formula is C26H36N2O2. The van der Waals surface area contributed by atoms with Gasteiger partial charge in [-0.25, -0.2) is 0 Å². The zero-order valence-electron chi connectivity index (χ0n) is 19.1. The van der Waals surface area contributed by atoms with Crippen LogP contribution in [0.2, 0.25) is 0 Å². The number of nitrogens with zero attached hydrogens (tertiary/aromatic N) is 1. The first kappa shape index (κ1) is 23.7. The Bertz CT molecular complexity index is 829. The van der Waals surface area contributed by atoms with E-state index in [4.69, 9.17) is 0 Å². The summed E-state index contributed by atoms with van der Waals surface area (Å²) in [6, 6.07) is 16.0. The Morgan fingerprint density at radius 1 is 0.967 bits per heavy atom. The molecule has 2 amide bonds. The fourth-order valence-electron chi connectivity index (χ4n) is 3.36. The van der Waals surface area contributed by atoms with Crippen molar-refractivity contribution >= 4 is 11.8 Å². The Kier molecular flexibility index (Phi) is 9.10. The lowest BCUT2D eigenvalue weighted by Crippen LogP contribution is -2.49. The van der Waals surface area contributed by atoms with E-state index in [1.807, 2.05) is 52.0 Å². The van der Waals surface area contributed by atoms with Crippen molar-refractivity contribution < 1.29 is 9.59 Å². The largest absolute Gasteiger partial charge is 0.352 e. The van der Waals surface area contributed by atoms with E-state index < -0.39 is 6.04 Å². The molecule has 0 aliphatic rings. The van der Waals surface area contributed by atoms with Crippen molar-refractivity contribution in [3.8, 4) is 0 Å². The minimum Gasteiger partial charge on any atom is -0.352 e. The molecule has 0 aliphatic heterocycles. The molecule has 0 aliphatic carbocycles. The molecule has 0 saturated carbocycles. The standard InChI is InChI=1S/C26H36N2O2/c1-6-20(4)27-26(30)21(5)28(18-24-11-9-8-10-19(24)3)25(29)17-16-23-14-12-22(7-2)13-15-23/h8-15,20-21H,6-7,16-18H2,1-5H3,(H,27,30)/t20-,21-/m1/s1. The Labute approximate surface area is 181 Å². The van der Waals surface area contributed by atoms with Crippen LogP contribution in [-0.2, 0) is 29.0 Å². The van der Waals surface area contributed by atoms with E-state index in [1.54, 1.807) is 4.90 Å². The third-order valence-corrected chi connectivity index (χ3v) is 5.83. The molecule has 0 saturated heterocycles. The highest BCUT2D eigenvalue weighted by Crippen LogP contribution is 2.16. The van der Waals surface area contributed by atoms with Crippen molar-refractivity contribution in [1.82, 2.24) is 10.2 Å². The molecule has 162 valence electrons. The number of carbonyl (C=O) groups excluding carboxylic acids is 2. The Morgan fingerprint density at radius 3 is 2.20 bits per heavy atom. The van der Waals surface area contributed by atoms with Gasteiger partial charge < -0.3 is 10.2 Å². The number of hydrogen-bond donors (Lipinski definition) is 1. The van der Waals surface area contributed by atoms with Crippen LogP contribution in [-0.4, -0.2) is 28.8 Å². The Morgan fingerprint density at radius 2 is 1.60 bits per heavy atom. The number of carbonyl (C=O) groups is 2. The van der Waals surface area contributed by atoms with Gasteiger partial charge in [0.05, 0.1) is 0 Å². The molecule has 0 radical (unpaired) electrons. The first-order valence-electron chi connectivity index (χ1n) is 11.1. The fourth-order valence-corrected chi connectivity index (χ4v) is 3.36. The molecular weight excluding hydrogens is 372 g/mol. The van der Waals surface area contributed by atoms with Crippen LogP contribution in [0.5, 0.6) is 0 Å². The molecule has 4 heteroatoms.